The molecule has 4 N–H and O–H groups in total. The quantitative estimate of drug-likeness (QED) is 0.403. The van der Waals surface area contributed by atoms with Gasteiger partial charge in [0.05, 0.1) is 18.0 Å². The summed E-state index contributed by atoms with van der Waals surface area (Å²) in [5.41, 5.74) is 5.71. The third-order valence-electron chi connectivity index (χ3n) is 2.65. The van der Waals surface area contributed by atoms with Crippen molar-refractivity contribution in [3.63, 3.8) is 0 Å². The van der Waals surface area contributed by atoms with Gasteiger partial charge in [0.2, 0.25) is 0 Å². The first-order valence-electron chi connectivity index (χ1n) is 5.88. The minimum absolute atomic E-state index is 0.0312. The van der Waals surface area contributed by atoms with Crippen molar-refractivity contribution >= 4 is 8.80 Å². The number of hydrogen-bond donors (Lipinski definition) is 3. The molecule has 0 aliphatic rings. The van der Waals surface area contributed by atoms with Crippen LogP contribution in [-0.4, -0.2) is 48.1 Å². The fourth-order valence-electron chi connectivity index (χ4n) is 1.89. The second-order valence-electron chi connectivity index (χ2n) is 4.02. The van der Waals surface area contributed by atoms with E-state index in [1.807, 2.05) is 13.8 Å². The van der Waals surface area contributed by atoms with Gasteiger partial charge in [-0.2, -0.15) is 0 Å². The highest BCUT2D eigenvalue weighted by Crippen LogP contribution is 2.15. The van der Waals surface area contributed by atoms with Crippen molar-refractivity contribution in [2.75, 3.05) is 21.3 Å². The van der Waals surface area contributed by atoms with Gasteiger partial charge >= 0.3 is 8.80 Å². The lowest BCUT2D eigenvalue weighted by Gasteiger charge is -2.34. The molecule has 6 nitrogen and oxygen atoms in total. The Morgan fingerprint density at radius 1 is 1.06 bits per heavy atom. The average Bonchev–Trinajstić information content (AvgIpc) is 2.29. The zero-order valence-electron chi connectivity index (χ0n) is 11.7. The standard InChI is InChI=1S/C10H27N3O3Si/c1-7-10(13-9(3)12-8(2)11)17(14-4,15-5)16-6/h8-10,12-13H,7,11H2,1-6H3. The zero-order chi connectivity index (χ0) is 13.5. The highest BCUT2D eigenvalue weighted by molar-refractivity contribution is 6.62. The molecule has 3 unspecified atom stereocenters. The second-order valence-corrected chi connectivity index (χ2v) is 7.15. The minimum Gasteiger partial charge on any atom is -0.376 e. The molecule has 0 aromatic carbocycles. The topological polar surface area (TPSA) is 77.8 Å². The first-order chi connectivity index (χ1) is 7.95. The third kappa shape index (κ3) is 5.00. The van der Waals surface area contributed by atoms with Crippen molar-refractivity contribution in [2.24, 2.45) is 5.73 Å². The van der Waals surface area contributed by atoms with Crippen LogP contribution in [-0.2, 0) is 13.3 Å². The van der Waals surface area contributed by atoms with E-state index in [4.69, 9.17) is 19.0 Å². The van der Waals surface area contributed by atoms with Crippen molar-refractivity contribution in [3.8, 4) is 0 Å². The van der Waals surface area contributed by atoms with Crippen LogP contribution >= 0.6 is 0 Å². The van der Waals surface area contributed by atoms with Crippen LogP contribution in [0.2, 0.25) is 0 Å². The summed E-state index contributed by atoms with van der Waals surface area (Å²) in [5, 5.41) is 6.56. The Balaban J connectivity index is 4.58. The Labute approximate surface area is 106 Å². The summed E-state index contributed by atoms with van der Waals surface area (Å²) in [6.07, 6.45) is 0.846. The van der Waals surface area contributed by atoms with E-state index in [1.54, 1.807) is 21.3 Å². The van der Waals surface area contributed by atoms with Gasteiger partial charge < -0.3 is 19.0 Å². The summed E-state index contributed by atoms with van der Waals surface area (Å²) in [4.78, 5) is 0. The van der Waals surface area contributed by atoms with Gasteiger partial charge in [0.15, 0.2) is 0 Å². The second kappa shape index (κ2) is 8.14. The van der Waals surface area contributed by atoms with Gasteiger partial charge in [-0.15, -0.1) is 0 Å². The Morgan fingerprint density at radius 3 is 1.82 bits per heavy atom. The predicted octanol–water partition coefficient (Wildman–Crippen LogP) is 0.0122. The summed E-state index contributed by atoms with van der Waals surface area (Å²) >= 11 is 0. The van der Waals surface area contributed by atoms with Gasteiger partial charge in [-0.25, -0.2) is 0 Å². The molecule has 0 aliphatic heterocycles. The lowest BCUT2D eigenvalue weighted by atomic mass is 10.4. The average molecular weight is 265 g/mol. The Bertz CT molecular complexity index is 195. The highest BCUT2D eigenvalue weighted by Gasteiger charge is 2.46. The van der Waals surface area contributed by atoms with E-state index >= 15 is 0 Å². The van der Waals surface area contributed by atoms with Gasteiger partial charge in [-0.1, -0.05) is 6.92 Å². The summed E-state index contributed by atoms with van der Waals surface area (Å²) in [5.74, 6) is 0. The Hall–Kier alpha value is -0.0231. The maximum Gasteiger partial charge on any atom is 0.518 e. The largest absolute Gasteiger partial charge is 0.518 e. The monoisotopic (exact) mass is 265 g/mol. The van der Waals surface area contributed by atoms with Crippen molar-refractivity contribution in [2.45, 2.75) is 45.2 Å². The molecule has 0 aromatic heterocycles. The van der Waals surface area contributed by atoms with Crippen molar-refractivity contribution in [3.05, 3.63) is 0 Å². The van der Waals surface area contributed by atoms with Crippen LogP contribution in [0.5, 0.6) is 0 Å². The van der Waals surface area contributed by atoms with Crippen molar-refractivity contribution in [1.29, 1.82) is 0 Å². The van der Waals surface area contributed by atoms with Crippen LogP contribution in [0.3, 0.4) is 0 Å². The molecule has 17 heavy (non-hydrogen) atoms. The van der Waals surface area contributed by atoms with Crippen molar-refractivity contribution < 1.29 is 13.3 Å². The van der Waals surface area contributed by atoms with Crippen molar-refractivity contribution in [1.82, 2.24) is 10.6 Å². The maximum atomic E-state index is 5.68. The number of nitrogens with one attached hydrogen (secondary N) is 2. The van der Waals surface area contributed by atoms with E-state index < -0.39 is 8.80 Å². The van der Waals surface area contributed by atoms with Gasteiger partial charge in [-0.3, -0.25) is 10.6 Å². The summed E-state index contributed by atoms with van der Waals surface area (Å²) in [6, 6.07) is 0. The molecule has 0 saturated heterocycles. The summed E-state index contributed by atoms with van der Waals surface area (Å²) < 4.78 is 16.4. The molecule has 0 radical (unpaired) electrons. The molecule has 7 heteroatoms. The number of rotatable bonds is 9. The van der Waals surface area contributed by atoms with Crippen LogP contribution in [0.1, 0.15) is 27.2 Å². The molecule has 0 aromatic rings. The number of hydrogen-bond acceptors (Lipinski definition) is 6. The van der Waals surface area contributed by atoms with Crippen LogP contribution in [0.4, 0.5) is 0 Å². The highest BCUT2D eigenvalue weighted by atomic mass is 28.4. The zero-order valence-corrected chi connectivity index (χ0v) is 12.7. The molecule has 0 saturated carbocycles. The van der Waals surface area contributed by atoms with E-state index in [9.17, 15) is 0 Å². The maximum absolute atomic E-state index is 5.68. The molecular formula is C10H27N3O3Si. The summed E-state index contributed by atoms with van der Waals surface area (Å²) in [7, 11) is 2.20. The molecule has 0 rings (SSSR count). The smallest absolute Gasteiger partial charge is 0.376 e. The first kappa shape index (κ1) is 17.0. The van der Waals surface area contributed by atoms with Crippen LogP contribution < -0.4 is 16.4 Å². The third-order valence-corrected chi connectivity index (χ3v) is 5.79. The molecule has 0 heterocycles. The lowest BCUT2D eigenvalue weighted by Crippen LogP contribution is -2.64. The van der Waals surface area contributed by atoms with E-state index in [1.165, 1.54) is 0 Å². The van der Waals surface area contributed by atoms with Gasteiger partial charge in [0, 0.05) is 21.3 Å². The predicted molar refractivity (Wildman–Crippen MR) is 70.2 cm³/mol. The molecular weight excluding hydrogens is 238 g/mol. The molecule has 0 spiro atoms. The normalized spacial score (nSPS) is 17.8. The first-order valence-corrected chi connectivity index (χ1v) is 7.69. The Kier molecular flexibility index (Phi) is 8.13. The fraction of sp³-hybridized carbons (Fsp3) is 1.00. The molecule has 0 amide bonds. The van der Waals surface area contributed by atoms with E-state index in [2.05, 4.69) is 17.6 Å². The molecule has 3 atom stereocenters. The fourth-order valence-corrected chi connectivity index (χ4v) is 4.20. The van der Waals surface area contributed by atoms with Crippen LogP contribution in [0, 0.1) is 0 Å². The number of nitrogens with two attached hydrogens (primary N) is 1. The van der Waals surface area contributed by atoms with E-state index in [-0.39, 0.29) is 18.0 Å². The lowest BCUT2D eigenvalue weighted by molar-refractivity contribution is 0.103. The minimum atomic E-state index is -2.65. The van der Waals surface area contributed by atoms with E-state index in [0.29, 0.717) is 0 Å². The summed E-state index contributed by atoms with van der Waals surface area (Å²) in [6.45, 7) is 5.97. The van der Waals surface area contributed by atoms with Gasteiger partial charge in [0.1, 0.15) is 0 Å². The SMILES string of the molecule is CCC(NC(C)NC(C)N)[Si](OC)(OC)OC. The van der Waals surface area contributed by atoms with Crippen LogP contribution in [0.15, 0.2) is 0 Å². The molecule has 0 fully saturated rings. The van der Waals surface area contributed by atoms with Gasteiger partial charge in [-0.05, 0) is 20.3 Å². The molecule has 104 valence electrons. The molecule has 0 aliphatic carbocycles. The van der Waals surface area contributed by atoms with Gasteiger partial charge in [0.25, 0.3) is 0 Å². The Morgan fingerprint density at radius 2 is 1.53 bits per heavy atom. The van der Waals surface area contributed by atoms with Crippen LogP contribution in [0.25, 0.3) is 0 Å². The molecule has 0 bridgehead atoms. The van der Waals surface area contributed by atoms with E-state index in [0.717, 1.165) is 6.42 Å².